The molecule has 116 valence electrons. The number of hydrogen-bond donors (Lipinski definition) is 0. The maximum Gasteiger partial charge on any atom is 0.225 e. The molecule has 0 amide bonds. The van der Waals surface area contributed by atoms with Crippen molar-refractivity contribution < 1.29 is 4.74 Å². The number of likely N-dealkylation sites (tertiary alicyclic amines) is 1. The fourth-order valence-electron chi connectivity index (χ4n) is 3.21. The molecule has 5 nitrogen and oxygen atoms in total. The van der Waals surface area contributed by atoms with Crippen LogP contribution in [0.2, 0.25) is 0 Å². The van der Waals surface area contributed by atoms with Crippen LogP contribution in [0.3, 0.4) is 0 Å². The molecule has 0 aromatic carbocycles. The van der Waals surface area contributed by atoms with E-state index < -0.39 is 0 Å². The lowest BCUT2D eigenvalue weighted by Crippen LogP contribution is -2.42. The lowest BCUT2D eigenvalue weighted by atomic mass is 10.1. The normalized spacial score (nSPS) is 24.8. The van der Waals surface area contributed by atoms with Crippen molar-refractivity contribution >= 4 is 5.95 Å². The van der Waals surface area contributed by atoms with Crippen molar-refractivity contribution in [2.24, 2.45) is 0 Å². The molecule has 1 atom stereocenters. The van der Waals surface area contributed by atoms with Gasteiger partial charge < -0.3 is 14.5 Å². The zero-order chi connectivity index (χ0) is 14.5. The van der Waals surface area contributed by atoms with Gasteiger partial charge in [0.2, 0.25) is 5.95 Å². The third-order valence-corrected chi connectivity index (χ3v) is 4.33. The van der Waals surface area contributed by atoms with Crippen LogP contribution in [-0.4, -0.2) is 60.3 Å². The molecule has 0 N–H and O–H groups in total. The predicted octanol–water partition coefficient (Wildman–Crippen LogP) is 1.87. The molecule has 2 saturated heterocycles. The number of rotatable bonds is 3. The van der Waals surface area contributed by atoms with E-state index in [-0.39, 0.29) is 6.10 Å². The highest BCUT2D eigenvalue weighted by Crippen LogP contribution is 2.16. The molecule has 3 rings (SSSR count). The molecule has 0 saturated carbocycles. The summed E-state index contributed by atoms with van der Waals surface area (Å²) in [6, 6.07) is 1.95. The third-order valence-electron chi connectivity index (χ3n) is 4.33. The summed E-state index contributed by atoms with van der Waals surface area (Å²) in [5.41, 5.74) is 1.03. The smallest absolute Gasteiger partial charge is 0.225 e. The molecule has 5 heteroatoms. The minimum atomic E-state index is 0.273. The highest BCUT2D eigenvalue weighted by atomic mass is 16.5. The maximum absolute atomic E-state index is 6.05. The third kappa shape index (κ3) is 4.14. The van der Waals surface area contributed by atoms with E-state index in [1.54, 1.807) is 0 Å². The zero-order valence-corrected chi connectivity index (χ0v) is 13.0. The second-order valence-electron chi connectivity index (χ2n) is 6.15. The number of piperidine rings is 1. The van der Waals surface area contributed by atoms with E-state index >= 15 is 0 Å². The zero-order valence-electron chi connectivity index (χ0n) is 13.0. The van der Waals surface area contributed by atoms with Gasteiger partial charge in [-0.2, -0.15) is 0 Å². The van der Waals surface area contributed by atoms with Crippen LogP contribution in [0.1, 0.15) is 31.4 Å². The summed E-state index contributed by atoms with van der Waals surface area (Å²) in [7, 11) is 0. The van der Waals surface area contributed by atoms with Crippen molar-refractivity contribution in [3.8, 4) is 0 Å². The molecule has 2 aliphatic rings. The summed E-state index contributed by atoms with van der Waals surface area (Å²) in [6.07, 6.45) is 7.21. The molecule has 0 spiro atoms. The van der Waals surface area contributed by atoms with Crippen molar-refractivity contribution in [1.82, 2.24) is 14.9 Å². The predicted molar refractivity (Wildman–Crippen MR) is 83.6 cm³/mol. The number of anilines is 1. The Kier molecular flexibility index (Phi) is 5.04. The van der Waals surface area contributed by atoms with Gasteiger partial charge >= 0.3 is 0 Å². The fraction of sp³-hybridized carbons (Fsp3) is 0.750. The number of nitrogens with zero attached hydrogens (tertiary/aromatic N) is 4. The van der Waals surface area contributed by atoms with Crippen molar-refractivity contribution in [3.05, 3.63) is 18.0 Å². The van der Waals surface area contributed by atoms with Gasteiger partial charge in [0.15, 0.2) is 0 Å². The summed E-state index contributed by atoms with van der Waals surface area (Å²) in [5, 5.41) is 0. The van der Waals surface area contributed by atoms with Crippen LogP contribution >= 0.6 is 0 Å². The van der Waals surface area contributed by atoms with Gasteiger partial charge in [-0.1, -0.05) is 6.42 Å². The Hall–Kier alpha value is -1.20. The summed E-state index contributed by atoms with van der Waals surface area (Å²) in [5.74, 6) is 0.851. The van der Waals surface area contributed by atoms with Crippen LogP contribution in [0, 0.1) is 6.92 Å². The van der Waals surface area contributed by atoms with Gasteiger partial charge in [-0.15, -0.1) is 0 Å². The van der Waals surface area contributed by atoms with Gasteiger partial charge in [0, 0.05) is 38.1 Å². The average molecular weight is 290 g/mol. The first kappa shape index (κ1) is 14.7. The fourth-order valence-corrected chi connectivity index (χ4v) is 3.21. The van der Waals surface area contributed by atoms with Gasteiger partial charge in [-0.25, -0.2) is 9.97 Å². The van der Waals surface area contributed by atoms with Crippen LogP contribution in [0.5, 0.6) is 0 Å². The molecule has 2 aliphatic heterocycles. The Balaban J connectivity index is 1.62. The Morgan fingerprint density at radius 1 is 1.19 bits per heavy atom. The molecular formula is C16H26N4O. The largest absolute Gasteiger partial charge is 0.375 e. The Morgan fingerprint density at radius 2 is 2.05 bits per heavy atom. The van der Waals surface area contributed by atoms with E-state index in [1.807, 2.05) is 19.2 Å². The van der Waals surface area contributed by atoms with E-state index in [2.05, 4.69) is 19.8 Å². The van der Waals surface area contributed by atoms with Crippen LogP contribution < -0.4 is 4.90 Å². The molecule has 1 aromatic heterocycles. The summed E-state index contributed by atoms with van der Waals surface area (Å²) < 4.78 is 6.05. The van der Waals surface area contributed by atoms with Crippen molar-refractivity contribution in [1.29, 1.82) is 0 Å². The monoisotopic (exact) mass is 290 g/mol. The second kappa shape index (κ2) is 7.18. The van der Waals surface area contributed by atoms with E-state index in [1.165, 1.54) is 32.4 Å². The second-order valence-corrected chi connectivity index (χ2v) is 6.15. The number of aromatic nitrogens is 2. The number of aryl methyl sites for hydroxylation is 1. The minimum absolute atomic E-state index is 0.273. The van der Waals surface area contributed by atoms with Crippen LogP contribution in [0.4, 0.5) is 5.95 Å². The van der Waals surface area contributed by atoms with Gasteiger partial charge in [0.25, 0.3) is 0 Å². The number of hydrogen-bond acceptors (Lipinski definition) is 5. The SMILES string of the molecule is Cc1ccnc(N2CCCOC(CN3CCCCC3)C2)n1. The quantitative estimate of drug-likeness (QED) is 0.850. The Bertz CT molecular complexity index is 448. The molecular weight excluding hydrogens is 264 g/mol. The van der Waals surface area contributed by atoms with Crippen LogP contribution in [0.25, 0.3) is 0 Å². The first-order valence-corrected chi connectivity index (χ1v) is 8.20. The van der Waals surface area contributed by atoms with Gasteiger partial charge in [0.1, 0.15) is 0 Å². The Morgan fingerprint density at radius 3 is 2.86 bits per heavy atom. The van der Waals surface area contributed by atoms with Gasteiger partial charge in [-0.05, 0) is 45.3 Å². The summed E-state index contributed by atoms with van der Waals surface area (Å²) in [4.78, 5) is 13.8. The van der Waals surface area contributed by atoms with Crippen LogP contribution in [0.15, 0.2) is 12.3 Å². The highest BCUT2D eigenvalue weighted by molar-refractivity contribution is 5.30. The number of ether oxygens (including phenoxy) is 1. The molecule has 0 bridgehead atoms. The molecule has 0 aliphatic carbocycles. The van der Waals surface area contributed by atoms with E-state index in [0.29, 0.717) is 0 Å². The van der Waals surface area contributed by atoms with Crippen LogP contribution in [-0.2, 0) is 4.74 Å². The molecule has 2 fully saturated rings. The van der Waals surface area contributed by atoms with Crippen molar-refractivity contribution in [2.45, 2.75) is 38.7 Å². The average Bonchev–Trinajstić information content (AvgIpc) is 2.74. The molecule has 1 aromatic rings. The lowest BCUT2D eigenvalue weighted by Gasteiger charge is -2.31. The standard InChI is InChI=1S/C16H26N4O/c1-14-6-7-17-16(18-14)20-10-5-11-21-15(13-20)12-19-8-3-2-4-9-19/h6-7,15H,2-5,8-13H2,1H3. The van der Waals surface area contributed by atoms with Gasteiger partial charge in [-0.3, -0.25) is 0 Å². The molecule has 0 radical (unpaired) electrons. The summed E-state index contributed by atoms with van der Waals surface area (Å²) >= 11 is 0. The molecule has 21 heavy (non-hydrogen) atoms. The van der Waals surface area contributed by atoms with Crippen molar-refractivity contribution in [3.63, 3.8) is 0 Å². The minimum Gasteiger partial charge on any atom is -0.375 e. The van der Waals surface area contributed by atoms with E-state index in [4.69, 9.17) is 4.74 Å². The van der Waals surface area contributed by atoms with Crippen molar-refractivity contribution in [2.75, 3.05) is 44.2 Å². The maximum atomic E-state index is 6.05. The lowest BCUT2D eigenvalue weighted by molar-refractivity contribution is 0.0349. The topological polar surface area (TPSA) is 41.5 Å². The highest BCUT2D eigenvalue weighted by Gasteiger charge is 2.23. The molecule has 1 unspecified atom stereocenters. The summed E-state index contributed by atoms with van der Waals surface area (Å²) in [6.45, 7) is 8.25. The van der Waals surface area contributed by atoms with Gasteiger partial charge in [0.05, 0.1) is 6.10 Å². The Labute approximate surface area is 127 Å². The molecule has 3 heterocycles. The van der Waals surface area contributed by atoms with E-state index in [9.17, 15) is 0 Å². The first-order valence-electron chi connectivity index (χ1n) is 8.20. The van der Waals surface area contributed by atoms with E-state index in [0.717, 1.165) is 44.3 Å². The first-order chi connectivity index (χ1) is 10.3.